The Kier molecular flexibility index (Phi) is 4.52. The van der Waals surface area contributed by atoms with Crippen molar-refractivity contribution < 1.29 is 4.79 Å². The highest BCUT2D eigenvalue weighted by Crippen LogP contribution is 2.23. The van der Waals surface area contributed by atoms with Gasteiger partial charge in [-0.1, -0.05) is 37.3 Å². The molecule has 1 fully saturated rings. The fourth-order valence-corrected chi connectivity index (χ4v) is 3.16. The molecule has 27 heavy (non-hydrogen) atoms. The number of aromatic nitrogens is 3. The van der Waals surface area contributed by atoms with Crippen LogP contribution < -0.4 is 10.2 Å². The summed E-state index contributed by atoms with van der Waals surface area (Å²) in [5.41, 5.74) is 3.70. The van der Waals surface area contributed by atoms with Gasteiger partial charge in [-0.3, -0.25) is 9.69 Å². The van der Waals surface area contributed by atoms with Crippen LogP contribution in [-0.4, -0.2) is 26.0 Å². The molecule has 3 aromatic rings. The van der Waals surface area contributed by atoms with Crippen molar-refractivity contribution in [2.75, 3.05) is 4.90 Å². The number of benzene rings is 2. The summed E-state index contributed by atoms with van der Waals surface area (Å²) >= 11 is 5.37. The molecule has 0 bridgehead atoms. The van der Waals surface area contributed by atoms with Gasteiger partial charge in [0.15, 0.2) is 5.11 Å². The molecule has 7 heteroatoms. The van der Waals surface area contributed by atoms with Gasteiger partial charge in [-0.15, -0.1) is 5.10 Å². The van der Waals surface area contributed by atoms with Crippen LogP contribution in [0.5, 0.6) is 0 Å². The number of carbonyl (C=O) groups excluding carboxylic acids is 1. The number of carbonyl (C=O) groups is 1. The molecule has 0 radical (unpaired) electrons. The first-order valence-corrected chi connectivity index (χ1v) is 9.00. The Bertz CT molecular complexity index is 1040. The fraction of sp³-hybridized carbons (Fsp3) is 0.100. The number of anilines is 1. The van der Waals surface area contributed by atoms with Gasteiger partial charge in [0.1, 0.15) is 11.4 Å². The quantitative estimate of drug-likeness (QED) is 0.561. The maximum Gasteiger partial charge on any atom is 0.281 e. The Morgan fingerprint density at radius 2 is 1.89 bits per heavy atom. The third-order valence-corrected chi connectivity index (χ3v) is 4.53. The molecule has 1 aliphatic heterocycles. The van der Waals surface area contributed by atoms with E-state index in [-0.39, 0.29) is 5.91 Å². The number of para-hydroxylation sites is 1. The van der Waals surface area contributed by atoms with Crippen molar-refractivity contribution >= 4 is 35.0 Å². The second-order valence-corrected chi connectivity index (χ2v) is 6.43. The van der Waals surface area contributed by atoms with Crippen LogP contribution in [0.1, 0.15) is 18.2 Å². The van der Waals surface area contributed by atoms with Crippen LogP contribution in [0, 0.1) is 0 Å². The number of nitrogens with zero attached hydrogens (tertiary/aromatic N) is 4. The minimum Gasteiger partial charge on any atom is -0.327 e. The Morgan fingerprint density at radius 3 is 2.67 bits per heavy atom. The van der Waals surface area contributed by atoms with Crippen molar-refractivity contribution in [2.24, 2.45) is 0 Å². The molecule has 1 aliphatic rings. The molecule has 0 aliphatic carbocycles. The lowest BCUT2D eigenvalue weighted by atomic mass is 10.1. The summed E-state index contributed by atoms with van der Waals surface area (Å²) in [6.07, 6.45) is 4.16. The number of nitrogens with one attached hydrogen (secondary N) is 1. The molecule has 6 nitrogen and oxygen atoms in total. The summed E-state index contributed by atoms with van der Waals surface area (Å²) in [6.45, 7) is 2.07. The summed E-state index contributed by atoms with van der Waals surface area (Å²) < 4.78 is 0. The van der Waals surface area contributed by atoms with Crippen LogP contribution in [-0.2, 0) is 11.2 Å². The van der Waals surface area contributed by atoms with Crippen LogP contribution in [0.4, 0.5) is 5.69 Å². The van der Waals surface area contributed by atoms with Gasteiger partial charge in [0.25, 0.3) is 5.91 Å². The lowest BCUT2D eigenvalue weighted by molar-refractivity contribution is -0.113. The van der Waals surface area contributed by atoms with Crippen LogP contribution in [0.15, 0.2) is 66.5 Å². The largest absolute Gasteiger partial charge is 0.327 e. The van der Waals surface area contributed by atoms with Crippen LogP contribution >= 0.6 is 12.2 Å². The minimum atomic E-state index is -0.206. The Balaban J connectivity index is 1.61. The molecule has 0 unspecified atom stereocenters. The fourth-order valence-electron chi connectivity index (χ4n) is 2.86. The monoisotopic (exact) mass is 375 g/mol. The van der Waals surface area contributed by atoms with E-state index >= 15 is 0 Å². The smallest absolute Gasteiger partial charge is 0.281 e. The number of hydrogen-bond donors (Lipinski definition) is 1. The lowest BCUT2D eigenvalue weighted by Gasteiger charge is -2.14. The highest BCUT2D eigenvalue weighted by Gasteiger charge is 2.32. The normalized spacial score (nSPS) is 15.4. The highest BCUT2D eigenvalue weighted by molar-refractivity contribution is 7.80. The second kappa shape index (κ2) is 7.13. The maximum absolute atomic E-state index is 12.8. The molecular formula is C20H17N5OS. The van der Waals surface area contributed by atoms with E-state index in [1.54, 1.807) is 12.3 Å². The average molecular weight is 375 g/mol. The van der Waals surface area contributed by atoms with Crippen molar-refractivity contribution in [3.8, 4) is 5.69 Å². The number of hydrogen-bond acceptors (Lipinski definition) is 4. The Hall–Kier alpha value is -3.32. The van der Waals surface area contributed by atoms with Crippen molar-refractivity contribution in [3.63, 3.8) is 0 Å². The van der Waals surface area contributed by atoms with Crippen molar-refractivity contribution in [2.45, 2.75) is 13.3 Å². The van der Waals surface area contributed by atoms with E-state index in [0.717, 1.165) is 23.4 Å². The standard InChI is InChI=1S/C20H17N5OS/c1-2-14-7-6-10-17(11-14)24-19(26)18(22-20(24)27)12-15-13-21-25(23-15)16-8-4-3-5-9-16/h3-13H,2H2,1H3,(H,22,27). The summed E-state index contributed by atoms with van der Waals surface area (Å²) in [4.78, 5) is 15.9. The maximum atomic E-state index is 12.8. The summed E-state index contributed by atoms with van der Waals surface area (Å²) in [5, 5.41) is 12.0. The van der Waals surface area contributed by atoms with Gasteiger partial charge >= 0.3 is 0 Å². The molecule has 1 aromatic heterocycles. The predicted octanol–water partition coefficient (Wildman–Crippen LogP) is 3.09. The topological polar surface area (TPSA) is 63.1 Å². The van der Waals surface area contributed by atoms with Crippen molar-refractivity contribution in [1.82, 2.24) is 20.3 Å². The number of aryl methyl sites for hydroxylation is 1. The molecule has 1 saturated heterocycles. The molecule has 2 heterocycles. The molecule has 1 amide bonds. The zero-order valence-corrected chi connectivity index (χ0v) is 15.5. The summed E-state index contributed by atoms with van der Waals surface area (Å²) in [7, 11) is 0. The molecule has 4 rings (SSSR count). The number of thiocarbonyl (C=S) groups is 1. The average Bonchev–Trinajstić information content (AvgIpc) is 3.27. The van der Waals surface area contributed by atoms with E-state index in [2.05, 4.69) is 22.4 Å². The third kappa shape index (κ3) is 3.37. The van der Waals surface area contributed by atoms with E-state index in [1.165, 1.54) is 9.70 Å². The molecule has 0 spiro atoms. The third-order valence-electron chi connectivity index (χ3n) is 4.24. The van der Waals surface area contributed by atoms with Crippen LogP contribution in [0.3, 0.4) is 0 Å². The van der Waals surface area contributed by atoms with Gasteiger partial charge in [-0.25, -0.2) is 0 Å². The second-order valence-electron chi connectivity index (χ2n) is 6.05. The molecular weight excluding hydrogens is 358 g/mol. The zero-order valence-electron chi connectivity index (χ0n) is 14.7. The van der Waals surface area contributed by atoms with Gasteiger partial charge < -0.3 is 5.32 Å². The van der Waals surface area contributed by atoms with Gasteiger partial charge in [0.05, 0.1) is 17.6 Å². The first-order valence-electron chi connectivity index (χ1n) is 8.59. The molecule has 2 aromatic carbocycles. The molecule has 1 N–H and O–H groups in total. The Morgan fingerprint density at radius 1 is 1.11 bits per heavy atom. The number of amides is 1. The van der Waals surface area contributed by atoms with Gasteiger partial charge in [-0.2, -0.15) is 9.90 Å². The highest BCUT2D eigenvalue weighted by atomic mass is 32.1. The molecule has 134 valence electrons. The van der Waals surface area contributed by atoms with Gasteiger partial charge in [0.2, 0.25) is 0 Å². The van der Waals surface area contributed by atoms with Crippen molar-refractivity contribution in [1.29, 1.82) is 0 Å². The summed E-state index contributed by atoms with van der Waals surface area (Å²) in [5.74, 6) is -0.206. The van der Waals surface area contributed by atoms with Crippen LogP contribution in [0.2, 0.25) is 0 Å². The van der Waals surface area contributed by atoms with E-state index < -0.39 is 0 Å². The SMILES string of the molecule is CCc1cccc(N2C(=O)C(=Cc3cnn(-c4ccccc4)n3)NC2=S)c1. The lowest BCUT2D eigenvalue weighted by Crippen LogP contribution is -2.30. The first kappa shape index (κ1) is 17.1. The van der Waals surface area contributed by atoms with E-state index in [9.17, 15) is 4.79 Å². The van der Waals surface area contributed by atoms with Gasteiger partial charge in [-0.05, 0) is 54.5 Å². The Labute approximate surface area is 162 Å². The molecule has 0 atom stereocenters. The van der Waals surface area contributed by atoms with E-state index in [0.29, 0.717) is 16.5 Å². The zero-order chi connectivity index (χ0) is 18.8. The molecule has 0 saturated carbocycles. The summed E-state index contributed by atoms with van der Waals surface area (Å²) in [6, 6.07) is 17.4. The van der Waals surface area contributed by atoms with Crippen LogP contribution in [0.25, 0.3) is 11.8 Å². The number of rotatable bonds is 4. The van der Waals surface area contributed by atoms with Crippen molar-refractivity contribution in [3.05, 3.63) is 77.7 Å². The first-order chi connectivity index (χ1) is 13.2. The van der Waals surface area contributed by atoms with E-state index in [1.807, 2.05) is 54.6 Å². The predicted molar refractivity (Wildman–Crippen MR) is 108 cm³/mol. The minimum absolute atomic E-state index is 0.206. The van der Waals surface area contributed by atoms with Gasteiger partial charge in [0, 0.05) is 0 Å². The van der Waals surface area contributed by atoms with E-state index in [4.69, 9.17) is 12.2 Å².